The Morgan fingerprint density at radius 1 is 1.20 bits per heavy atom. The minimum Gasteiger partial charge on any atom is -0.493 e. The molecule has 2 unspecified atom stereocenters. The summed E-state index contributed by atoms with van der Waals surface area (Å²) in [6.45, 7) is 1.54. The van der Waals surface area contributed by atoms with Gasteiger partial charge in [0, 0.05) is 18.6 Å². The largest absolute Gasteiger partial charge is 0.493 e. The Hall–Kier alpha value is -1.26. The lowest BCUT2D eigenvalue weighted by Gasteiger charge is -2.35. The molecule has 4 heteroatoms. The van der Waals surface area contributed by atoms with E-state index < -0.39 is 0 Å². The van der Waals surface area contributed by atoms with Crippen molar-refractivity contribution in [1.29, 1.82) is 0 Å². The summed E-state index contributed by atoms with van der Waals surface area (Å²) in [5.41, 5.74) is 6.21. The van der Waals surface area contributed by atoms with E-state index in [1.807, 2.05) is 24.3 Å². The van der Waals surface area contributed by atoms with Crippen molar-refractivity contribution in [3.05, 3.63) is 24.3 Å². The Kier molecular flexibility index (Phi) is 5.68. The standard InChI is InChI=1S/C16H26N2O2/c1-18(14-8-4-3-7-13(14)17)11-12-20-16-10-6-5-9-15(16)19-2/h5-6,9-10,13-14H,3-4,7-8,11-12,17H2,1-2H3. The summed E-state index contributed by atoms with van der Waals surface area (Å²) in [6.07, 6.45) is 4.90. The van der Waals surface area contributed by atoms with Crippen LogP contribution in [-0.2, 0) is 0 Å². The molecule has 2 N–H and O–H groups in total. The molecule has 0 saturated heterocycles. The van der Waals surface area contributed by atoms with Gasteiger partial charge in [0.1, 0.15) is 6.61 Å². The normalized spacial score (nSPS) is 22.8. The summed E-state index contributed by atoms with van der Waals surface area (Å²) in [5.74, 6) is 1.58. The van der Waals surface area contributed by atoms with E-state index in [1.165, 1.54) is 19.3 Å². The van der Waals surface area contributed by atoms with Crippen LogP contribution in [0.1, 0.15) is 25.7 Å². The minimum atomic E-state index is 0.306. The summed E-state index contributed by atoms with van der Waals surface area (Å²) in [7, 11) is 3.80. The van der Waals surface area contributed by atoms with Crippen molar-refractivity contribution in [3.8, 4) is 11.5 Å². The molecule has 2 rings (SSSR count). The lowest BCUT2D eigenvalue weighted by molar-refractivity contribution is 0.142. The third-order valence-corrected chi connectivity index (χ3v) is 4.12. The number of nitrogens with two attached hydrogens (primary N) is 1. The second-order valence-electron chi connectivity index (χ2n) is 5.50. The lowest BCUT2D eigenvalue weighted by atomic mass is 9.90. The van der Waals surface area contributed by atoms with Crippen LogP contribution in [0.25, 0.3) is 0 Å². The molecule has 1 aromatic rings. The zero-order valence-corrected chi connectivity index (χ0v) is 12.5. The van der Waals surface area contributed by atoms with E-state index >= 15 is 0 Å². The maximum Gasteiger partial charge on any atom is 0.161 e. The molecule has 4 nitrogen and oxygen atoms in total. The number of likely N-dealkylation sites (N-methyl/N-ethyl adjacent to an activating group) is 1. The van der Waals surface area contributed by atoms with E-state index in [1.54, 1.807) is 7.11 Å². The Labute approximate surface area is 121 Å². The van der Waals surface area contributed by atoms with Gasteiger partial charge in [0.25, 0.3) is 0 Å². The highest BCUT2D eigenvalue weighted by atomic mass is 16.5. The SMILES string of the molecule is COc1ccccc1OCCN(C)C1CCCCC1N. The zero-order chi connectivity index (χ0) is 14.4. The van der Waals surface area contributed by atoms with Gasteiger partial charge in [0.05, 0.1) is 7.11 Å². The van der Waals surface area contributed by atoms with Crippen LogP contribution in [0.15, 0.2) is 24.3 Å². The predicted molar refractivity (Wildman–Crippen MR) is 81.4 cm³/mol. The number of hydrogen-bond donors (Lipinski definition) is 1. The second kappa shape index (κ2) is 7.50. The highest BCUT2D eigenvalue weighted by Crippen LogP contribution is 2.26. The van der Waals surface area contributed by atoms with Crippen LogP contribution >= 0.6 is 0 Å². The lowest BCUT2D eigenvalue weighted by Crippen LogP contribution is -2.48. The van der Waals surface area contributed by atoms with Gasteiger partial charge >= 0.3 is 0 Å². The second-order valence-corrected chi connectivity index (χ2v) is 5.50. The number of para-hydroxylation sites is 2. The molecule has 0 bridgehead atoms. The molecular formula is C16H26N2O2. The molecular weight excluding hydrogens is 252 g/mol. The van der Waals surface area contributed by atoms with E-state index in [-0.39, 0.29) is 0 Å². The first kappa shape index (κ1) is 15.1. The van der Waals surface area contributed by atoms with E-state index in [0.29, 0.717) is 18.7 Å². The highest BCUT2D eigenvalue weighted by molar-refractivity contribution is 5.39. The van der Waals surface area contributed by atoms with Crippen molar-refractivity contribution in [1.82, 2.24) is 4.90 Å². The van der Waals surface area contributed by atoms with Crippen LogP contribution in [0.3, 0.4) is 0 Å². The van der Waals surface area contributed by atoms with Gasteiger partial charge in [-0.05, 0) is 32.0 Å². The Morgan fingerprint density at radius 3 is 2.60 bits per heavy atom. The fraction of sp³-hybridized carbons (Fsp3) is 0.625. The van der Waals surface area contributed by atoms with Crippen LogP contribution in [0.4, 0.5) is 0 Å². The number of hydrogen-bond acceptors (Lipinski definition) is 4. The maximum atomic E-state index is 6.21. The van der Waals surface area contributed by atoms with E-state index in [2.05, 4.69) is 11.9 Å². The molecule has 20 heavy (non-hydrogen) atoms. The number of ether oxygens (including phenoxy) is 2. The van der Waals surface area contributed by atoms with Crippen molar-refractivity contribution in [2.75, 3.05) is 27.3 Å². The van der Waals surface area contributed by atoms with Crippen LogP contribution in [-0.4, -0.2) is 44.3 Å². The molecule has 0 radical (unpaired) electrons. The Balaban J connectivity index is 1.80. The predicted octanol–water partition coefficient (Wildman–Crippen LogP) is 2.28. The average Bonchev–Trinajstić information content (AvgIpc) is 2.48. The molecule has 1 aliphatic carbocycles. The average molecular weight is 278 g/mol. The summed E-state index contributed by atoms with van der Waals surface area (Å²) >= 11 is 0. The van der Waals surface area contributed by atoms with Crippen molar-refractivity contribution >= 4 is 0 Å². The van der Waals surface area contributed by atoms with Gasteiger partial charge in [-0.15, -0.1) is 0 Å². The van der Waals surface area contributed by atoms with Gasteiger partial charge in [-0.25, -0.2) is 0 Å². The molecule has 1 aliphatic rings. The number of nitrogens with zero attached hydrogens (tertiary/aromatic N) is 1. The van der Waals surface area contributed by atoms with E-state index in [9.17, 15) is 0 Å². The van der Waals surface area contributed by atoms with Crippen LogP contribution in [0, 0.1) is 0 Å². The van der Waals surface area contributed by atoms with Gasteiger partial charge < -0.3 is 15.2 Å². The number of benzene rings is 1. The van der Waals surface area contributed by atoms with Crippen molar-refractivity contribution < 1.29 is 9.47 Å². The molecule has 0 amide bonds. The molecule has 1 fully saturated rings. The van der Waals surface area contributed by atoms with E-state index in [4.69, 9.17) is 15.2 Å². The third kappa shape index (κ3) is 3.87. The van der Waals surface area contributed by atoms with Gasteiger partial charge in [-0.1, -0.05) is 25.0 Å². The Bertz CT molecular complexity index is 411. The molecule has 1 saturated carbocycles. The van der Waals surface area contributed by atoms with E-state index in [0.717, 1.165) is 24.5 Å². The quantitative estimate of drug-likeness (QED) is 0.867. The first-order valence-electron chi connectivity index (χ1n) is 7.44. The monoisotopic (exact) mass is 278 g/mol. The first-order valence-corrected chi connectivity index (χ1v) is 7.44. The number of methoxy groups -OCH3 is 1. The third-order valence-electron chi connectivity index (χ3n) is 4.12. The van der Waals surface area contributed by atoms with Crippen LogP contribution < -0.4 is 15.2 Å². The van der Waals surface area contributed by atoms with Crippen molar-refractivity contribution in [2.45, 2.75) is 37.8 Å². The van der Waals surface area contributed by atoms with Crippen molar-refractivity contribution in [2.24, 2.45) is 5.73 Å². The van der Waals surface area contributed by atoms with Gasteiger partial charge in [-0.3, -0.25) is 4.90 Å². The first-order chi connectivity index (χ1) is 9.72. The molecule has 2 atom stereocenters. The van der Waals surface area contributed by atoms with Gasteiger partial charge in [0.15, 0.2) is 11.5 Å². The Morgan fingerprint density at radius 2 is 1.90 bits per heavy atom. The van der Waals surface area contributed by atoms with Gasteiger partial charge in [0.2, 0.25) is 0 Å². The zero-order valence-electron chi connectivity index (χ0n) is 12.5. The molecule has 0 aliphatic heterocycles. The molecule has 0 aromatic heterocycles. The molecule has 1 aromatic carbocycles. The van der Waals surface area contributed by atoms with Crippen LogP contribution in [0.5, 0.6) is 11.5 Å². The summed E-state index contributed by atoms with van der Waals surface area (Å²) in [5, 5.41) is 0. The topological polar surface area (TPSA) is 47.7 Å². The fourth-order valence-corrected chi connectivity index (χ4v) is 2.89. The molecule has 0 heterocycles. The molecule has 0 spiro atoms. The highest BCUT2D eigenvalue weighted by Gasteiger charge is 2.25. The van der Waals surface area contributed by atoms with Gasteiger partial charge in [-0.2, -0.15) is 0 Å². The summed E-state index contributed by atoms with van der Waals surface area (Å²) < 4.78 is 11.1. The minimum absolute atomic E-state index is 0.306. The maximum absolute atomic E-state index is 6.21. The smallest absolute Gasteiger partial charge is 0.161 e. The summed E-state index contributed by atoms with van der Waals surface area (Å²) in [4.78, 5) is 2.33. The number of rotatable bonds is 6. The summed E-state index contributed by atoms with van der Waals surface area (Å²) in [6, 6.07) is 8.55. The fourth-order valence-electron chi connectivity index (χ4n) is 2.89. The molecule has 112 valence electrons. The van der Waals surface area contributed by atoms with Crippen LogP contribution in [0.2, 0.25) is 0 Å². The van der Waals surface area contributed by atoms with Crippen molar-refractivity contribution in [3.63, 3.8) is 0 Å².